The topological polar surface area (TPSA) is 64.3 Å². The van der Waals surface area contributed by atoms with E-state index in [0.717, 1.165) is 22.3 Å². The highest BCUT2D eigenvalue weighted by atomic mass is 16.5. The Morgan fingerprint density at radius 3 is 2.50 bits per heavy atom. The number of carboxylic acid groups (broad SMARTS) is 1. The second kappa shape index (κ2) is 5.18. The summed E-state index contributed by atoms with van der Waals surface area (Å²) in [5.74, 6) is 0.355. The number of carboxylic acids is 1. The normalized spacial score (nSPS) is 10.9. The molecule has 2 aromatic heterocycles. The lowest BCUT2D eigenvalue weighted by molar-refractivity contribution is 0.0687. The van der Waals surface area contributed by atoms with Crippen molar-refractivity contribution in [2.24, 2.45) is 7.05 Å². The molecule has 0 aliphatic carbocycles. The largest absolute Gasteiger partial charge is 0.477 e. The van der Waals surface area contributed by atoms with Crippen LogP contribution >= 0.6 is 0 Å². The smallest absolute Gasteiger partial charge is 0.352 e. The van der Waals surface area contributed by atoms with Crippen molar-refractivity contribution in [2.45, 2.75) is 13.8 Å². The van der Waals surface area contributed by atoms with Gasteiger partial charge in [-0.2, -0.15) is 0 Å². The molecule has 2 heterocycles. The fourth-order valence-corrected chi connectivity index (χ4v) is 2.65. The van der Waals surface area contributed by atoms with Gasteiger partial charge in [-0.3, -0.25) is 4.98 Å². The molecular weight excluding hydrogens is 280 g/mol. The summed E-state index contributed by atoms with van der Waals surface area (Å²) in [6.07, 6.45) is 0. The average molecular weight is 296 g/mol. The third-order valence-electron chi connectivity index (χ3n) is 3.52. The van der Waals surface area contributed by atoms with E-state index in [4.69, 9.17) is 4.74 Å². The minimum absolute atomic E-state index is 0.230. The summed E-state index contributed by atoms with van der Waals surface area (Å²) in [6.45, 7) is 3.82. The predicted octanol–water partition coefficient (Wildman–Crippen LogP) is 3.68. The van der Waals surface area contributed by atoms with Crippen molar-refractivity contribution in [1.29, 1.82) is 0 Å². The van der Waals surface area contributed by atoms with Crippen LogP contribution in [0.5, 0.6) is 11.5 Å². The SMILES string of the molecule is Cc1cc(Oc2cccc3cc(C(=O)O)n(C)c23)cc(C)n1. The molecule has 0 atom stereocenters. The number of aromatic carboxylic acids is 1. The van der Waals surface area contributed by atoms with Crippen LogP contribution in [0.25, 0.3) is 10.9 Å². The van der Waals surface area contributed by atoms with Crippen LogP contribution in [-0.2, 0) is 7.05 Å². The first-order valence-electron chi connectivity index (χ1n) is 6.90. The summed E-state index contributed by atoms with van der Waals surface area (Å²) in [7, 11) is 1.72. The highest BCUT2D eigenvalue weighted by Crippen LogP contribution is 2.32. The van der Waals surface area contributed by atoms with Crippen LogP contribution in [0, 0.1) is 13.8 Å². The van der Waals surface area contributed by atoms with Crippen LogP contribution in [0.1, 0.15) is 21.9 Å². The Bertz CT molecular complexity index is 861. The number of nitrogens with zero attached hydrogens (tertiary/aromatic N) is 2. The third-order valence-corrected chi connectivity index (χ3v) is 3.52. The Labute approximate surface area is 127 Å². The minimum atomic E-state index is -0.958. The van der Waals surface area contributed by atoms with Crippen LogP contribution in [0.2, 0.25) is 0 Å². The van der Waals surface area contributed by atoms with Crippen molar-refractivity contribution in [3.8, 4) is 11.5 Å². The molecule has 0 saturated carbocycles. The number of ether oxygens (including phenoxy) is 1. The molecule has 0 amide bonds. The molecule has 3 rings (SSSR count). The fraction of sp³-hybridized carbons (Fsp3) is 0.176. The molecule has 22 heavy (non-hydrogen) atoms. The first kappa shape index (κ1) is 14.1. The zero-order chi connectivity index (χ0) is 15.9. The van der Waals surface area contributed by atoms with E-state index in [0.29, 0.717) is 11.5 Å². The van der Waals surface area contributed by atoms with Crippen LogP contribution in [0.3, 0.4) is 0 Å². The van der Waals surface area contributed by atoms with Crippen LogP contribution < -0.4 is 4.74 Å². The Kier molecular flexibility index (Phi) is 3.33. The van der Waals surface area contributed by atoms with E-state index in [1.54, 1.807) is 17.7 Å². The number of benzene rings is 1. The second-order valence-corrected chi connectivity index (χ2v) is 5.28. The second-order valence-electron chi connectivity index (χ2n) is 5.28. The molecule has 5 heteroatoms. The molecule has 0 radical (unpaired) electrons. The lowest BCUT2D eigenvalue weighted by Gasteiger charge is -2.10. The van der Waals surface area contributed by atoms with Gasteiger partial charge in [0.2, 0.25) is 0 Å². The Morgan fingerprint density at radius 2 is 1.86 bits per heavy atom. The molecule has 0 unspecified atom stereocenters. The van der Waals surface area contributed by atoms with E-state index in [1.807, 2.05) is 44.2 Å². The van der Waals surface area contributed by atoms with Gasteiger partial charge in [-0.25, -0.2) is 4.79 Å². The van der Waals surface area contributed by atoms with E-state index in [1.165, 1.54) is 0 Å². The number of hydrogen-bond donors (Lipinski definition) is 1. The summed E-state index contributed by atoms with van der Waals surface area (Å²) in [6, 6.07) is 10.9. The van der Waals surface area contributed by atoms with Crippen molar-refractivity contribution < 1.29 is 14.6 Å². The van der Waals surface area contributed by atoms with Crippen LogP contribution in [0.15, 0.2) is 36.4 Å². The van der Waals surface area contributed by atoms with E-state index >= 15 is 0 Å². The molecule has 1 aromatic carbocycles. The molecular formula is C17H16N2O3. The van der Waals surface area contributed by atoms with Crippen LogP contribution in [0.4, 0.5) is 0 Å². The molecule has 3 aromatic rings. The van der Waals surface area contributed by atoms with Crippen molar-refractivity contribution >= 4 is 16.9 Å². The summed E-state index contributed by atoms with van der Waals surface area (Å²) >= 11 is 0. The number of rotatable bonds is 3. The lowest BCUT2D eigenvalue weighted by atomic mass is 10.2. The lowest BCUT2D eigenvalue weighted by Crippen LogP contribution is -2.04. The predicted molar refractivity (Wildman–Crippen MR) is 83.7 cm³/mol. The molecule has 0 aliphatic heterocycles. The van der Waals surface area contributed by atoms with Gasteiger partial charge in [-0.05, 0) is 26.0 Å². The molecule has 5 nitrogen and oxygen atoms in total. The Hall–Kier alpha value is -2.82. The standard InChI is InChI=1S/C17H16N2O3/c1-10-7-13(8-11(2)18-10)22-15-6-4-5-12-9-14(17(20)21)19(3)16(12)15/h4-9H,1-3H3,(H,20,21). The first-order valence-corrected chi connectivity index (χ1v) is 6.90. The highest BCUT2D eigenvalue weighted by molar-refractivity contribution is 5.96. The van der Waals surface area contributed by atoms with Crippen molar-refractivity contribution in [3.63, 3.8) is 0 Å². The van der Waals surface area contributed by atoms with Gasteiger partial charge in [-0.15, -0.1) is 0 Å². The maximum absolute atomic E-state index is 11.3. The fourth-order valence-electron chi connectivity index (χ4n) is 2.65. The monoisotopic (exact) mass is 296 g/mol. The third kappa shape index (κ3) is 2.41. The average Bonchev–Trinajstić information content (AvgIpc) is 2.76. The van der Waals surface area contributed by atoms with Crippen LogP contribution in [-0.4, -0.2) is 20.6 Å². The number of hydrogen-bond acceptors (Lipinski definition) is 3. The van der Waals surface area contributed by atoms with Gasteiger partial charge < -0.3 is 14.4 Å². The number of para-hydroxylation sites is 1. The van der Waals surface area contributed by atoms with E-state index < -0.39 is 5.97 Å². The number of pyridine rings is 1. The van der Waals surface area contributed by atoms with Gasteiger partial charge in [0.05, 0.1) is 5.52 Å². The van der Waals surface area contributed by atoms with Crippen molar-refractivity contribution in [3.05, 3.63) is 53.5 Å². The van der Waals surface area contributed by atoms with Gasteiger partial charge in [0.15, 0.2) is 5.75 Å². The van der Waals surface area contributed by atoms with E-state index in [-0.39, 0.29) is 5.69 Å². The highest BCUT2D eigenvalue weighted by Gasteiger charge is 2.15. The van der Waals surface area contributed by atoms with Crippen molar-refractivity contribution in [1.82, 2.24) is 9.55 Å². The van der Waals surface area contributed by atoms with E-state index in [9.17, 15) is 9.90 Å². The van der Waals surface area contributed by atoms with Gasteiger partial charge in [0.25, 0.3) is 0 Å². The number of aromatic nitrogens is 2. The van der Waals surface area contributed by atoms with Gasteiger partial charge in [0, 0.05) is 36.0 Å². The van der Waals surface area contributed by atoms with Gasteiger partial charge in [-0.1, -0.05) is 12.1 Å². The molecule has 0 bridgehead atoms. The zero-order valence-electron chi connectivity index (χ0n) is 12.6. The summed E-state index contributed by atoms with van der Waals surface area (Å²) in [5, 5.41) is 10.1. The van der Waals surface area contributed by atoms with Gasteiger partial charge in [0.1, 0.15) is 11.4 Å². The Morgan fingerprint density at radius 1 is 1.18 bits per heavy atom. The number of aryl methyl sites for hydroxylation is 3. The summed E-state index contributed by atoms with van der Waals surface area (Å²) < 4.78 is 7.61. The minimum Gasteiger partial charge on any atom is -0.477 e. The zero-order valence-corrected chi connectivity index (χ0v) is 12.6. The molecule has 0 saturated heterocycles. The number of carbonyl (C=O) groups is 1. The van der Waals surface area contributed by atoms with Gasteiger partial charge >= 0.3 is 5.97 Å². The summed E-state index contributed by atoms with van der Waals surface area (Å²) in [4.78, 5) is 15.6. The Balaban J connectivity index is 2.12. The number of fused-ring (bicyclic) bond motifs is 1. The first-order chi connectivity index (χ1) is 10.5. The quantitative estimate of drug-likeness (QED) is 0.800. The molecule has 112 valence electrons. The summed E-state index contributed by atoms with van der Waals surface area (Å²) in [5.41, 5.74) is 2.74. The van der Waals surface area contributed by atoms with E-state index in [2.05, 4.69) is 4.98 Å². The molecule has 0 aliphatic rings. The van der Waals surface area contributed by atoms with Crippen molar-refractivity contribution in [2.75, 3.05) is 0 Å². The maximum atomic E-state index is 11.3. The molecule has 0 spiro atoms. The molecule has 0 fully saturated rings. The maximum Gasteiger partial charge on any atom is 0.352 e. The molecule has 1 N–H and O–H groups in total.